The number of hydrogen-bond acceptors (Lipinski definition) is 3. The van der Waals surface area contributed by atoms with E-state index in [0.29, 0.717) is 27.8 Å². The first-order chi connectivity index (χ1) is 16.8. The number of benzene rings is 4. The average molecular weight is 484 g/mol. The first-order valence-corrected chi connectivity index (χ1v) is 12.1. The zero-order valence-electron chi connectivity index (χ0n) is 19.7. The van der Waals surface area contributed by atoms with E-state index in [4.69, 9.17) is 11.6 Å². The molecule has 5 heteroatoms. The van der Waals surface area contributed by atoms with Gasteiger partial charge in [-0.3, -0.25) is 9.59 Å². The molecule has 0 aromatic heterocycles. The van der Waals surface area contributed by atoms with E-state index in [1.54, 1.807) is 35.2 Å². The van der Waals surface area contributed by atoms with Crippen molar-refractivity contribution in [2.75, 3.05) is 4.90 Å². The lowest BCUT2D eigenvalue weighted by Gasteiger charge is -2.23. The maximum absolute atomic E-state index is 13.7. The van der Waals surface area contributed by atoms with Gasteiger partial charge in [0.1, 0.15) is 0 Å². The molecule has 35 heavy (non-hydrogen) atoms. The van der Waals surface area contributed by atoms with Crippen LogP contribution >= 0.6 is 11.6 Å². The number of Topliss-reactive ketones (excluding diaryl/α,β-unsaturated/α-hetero) is 1. The van der Waals surface area contributed by atoms with Gasteiger partial charge in [-0.15, -0.1) is 0 Å². The predicted molar refractivity (Wildman–Crippen MR) is 140 cm³/mol. The van der Waals surface area contributed by atoms with Crippen molar-refractivity contribution in [3.8, 4) is 0 Å². The van der Waals surface area contributed by atoms with E-state index in [-0.39, 0.29) is 18.7 Å². The van der Waals surface area contributed by atoms with Gasteiger partial charge in [0.2, 0.25) is 0 Å². The Bertz CT molecular complexity index is 1440. The van der Waals surface area contributed by atoms with Crippen molar-refractivity contribution in [2.24, 2.45) is 0 Å². The molecule has 1 N–H and O–H groups in total. The number of anilines is 1. The SMILES string of the molecule is CC(C)c1ccc(C(=O)CC2(O)C(=O)N(Cc3cccc4ccccc34)c3ccc(Cl)cc32)cc1. The summed E-state index contributed by atoms with van der Waals surface area (Å²) >= 11 is 6.26. The van der Waals surface area contributed by atoms with Crippen LogP contribution in [0.4, 0.5) is 5.69 Å². The second-order valence-electron chi connectivity index (χ2n) is 9.43. The highest BCUT2D eigenvalue weighted by Crippen LogP contribution is 2.45. The number of carbonyl (C=O) groups excluding carboxylic acids is 2. The van der Waals surface area contributed by atoms with Gasteiger partial charge in [0.05, 0.1) is 18.7 Å². The van der Waals surface area contributed by atoms with Crippen LogP contribution in [0.3, 0.4) is 0 Å². The molecule has 0 bridgehead atoms. The van der Waals surface area contributed by atoms with Crippen LogP contribution < -0.4 is 4.90 Å². The Hall–Kier alpha value is -3.47. The summed E-state index contributed by atoms with van der Waals surface area (Å²) in [4.78, 5) is 28.5. The fourth-order valence-electron chi connectivity index (χ4n) is 4.84. The minimum absolute atomic E-state index is 0.272. The standard InChI is InChI=1S/C30H26ClNO3/c1-19(2)20-10-12-22(13-11-20)28(33)17-30(35)26-16-24(31)14-15-27(26)32(29(30)34)18-23-8-5-7-21-6-3-4-9-25(21)23/h3-16,19,35H,17-18H2,1-2H3. The number of aliphatic hydroxyl groups is 1. The molecule has 1 heterocycles. The fourth-order valence-corrected chi connectivity index (χ4v) is 5.01. The lowest BCUT2D eigenvalue weighted by Crippen LogP contribution is -2.41. The van der Waals surface area contributed by atoms with Crippen molar-refractivity contribution in [2.45, 2.75) is 38.3 Å². The van der Waals surface area contributed by atoms with Gasteiger partial charge in [-0.25, -0.2) is 0 Å². The van der Waals surface area contributed by atoms with Crippen LogP contribution in [0.1, 0.15) is 53.2 Å². The highest BCUT2D eigenvalue weighted by atomic mass is 35.5. The molecule has 0 fully saturated rings. The normalized spacial score (nSPS) is 17.3. The first kappa shape index (κ1) is 23.3. The molecule has 4 aromatic rings. The second kappa shape index (κ2) is 8.95. The summed E-state index contributed by atoms with van der Waals surface area (Å²) in [6.45, 7) is 4.44. The van der Waals surface area contributed by atoms with Crippen molar-refractivity contribution in [3.05, 3.63) is 112 Å². The molecule has 4 nitrogen and oxygen atoms in total. The van der Waals surface area contributed by atoms with Crippen LogP contribution in [-0.4, -0.2) is 16.8 Å². The molecule has 1 unspecified atom stereocenters. The number of nitrogens with zero attached hydrogens (tertiary/aromatic N) is 1. The lowest BCUT2D eigenvalue weighted by atomic mass is 9.87. The molecule has 0 saturated heterocycles. The van der Waals surface area contributed by atoms with Crippen molar-refractivity contribution >= 4 is 39.8 Å². The van der Waals surface area contributed by atoms with E-state index in [1.165, 1.54) is 0 Å². The van der Waals surface area contributed by atoms with Crippen LogP contribution in [0.2, 0.25) is 5.02 Å². The third-order valence-corrected chi connectivity index (χ3v) is 7.05. The third-order valence-electron chi connectivity index (χ3n) is 6.82. The van der Waals surface area contributed by atoms with Crippen molar-refractivity contribution < 1.29 is 14.7 Å². The Balaban J connectivity index is 1.50. The molecule has 0 radical (unpaired) electrons. The number of halogens is 1. The van der Waals surface area contributed by atoms with Crippen LogP contribution in [-0.2, 0) is 16.9 Å². The predicted octanol–water partition coefficient (Wildman–Crippen LogP) is 6.62. The van der Waals surface area contributed by atoms with E-state index < -0.39 is 11.5 Å². The number of hydrogen-bond donors (Lipinski definition) is 1. The molecule has 1 aliphatic heterocycles. The minimum Gasteiger partial charge on any atom is -0.375 e. The smallest absolute Gasteiger partial charge is 0.264 e. The molecule has 1 amide bonds. The van der Waals surface area contributed by atoms with Gasteiger partial charge < -0.3 is 10.0 Å². The van der Waals surface area contributed by atoms with Gasteiger partial charge >= 0.3 is 0 Å². The minimum atomic E-state index is -1.99. The number of carbonyl (C=O) groups is 2. The number of fused-ring (bicyclic) bond motifs is 2. The van der Waals surface area contributed by atoms with Gasteiger partial charge in [-0.2, -0.15) is 0 Å². The zero-order chi connectivity index (χ0) is 24.7. The zero-order valence-corrected chi connectivity index (χ0v) is 20.4. The molecule has 5 rings (SSSR count). The molecule has 1 atom stereocenters. The highest BCUT2D eigenvalue weighted by Gasteiger charge is 2.51. The monoisotopic (exact) mass is 483 g/mol. The van der Waals surface area contributed by atoms with Crippen LogP contribution in [0, 0.1) is 0 Å². The van der Waals surface area contributed by atoms with Gasteiger partial charge in [0, 0.05) is 16.1 Å². The number of ketones is 1. The first-order valence-electron chi connectivity index (χ1n) is 11.7. The second-order valence-corrected chi connectivity index (χ2v) is 9.86. The number of amides is 1. The van der Waals surface area contributed by atoms with Gasteiger partial charge in [0.25, 0.3) is 5.91 Å². The van der Waals surface area contributed by atoms with E-state index in [2.05, 4.69) is 13.8 Å². The van der Waals surface area contributed by atoms with E-state index >= 15 is 0 Å². The Kier molecular flexibility index (Phi) is 5.96. The lowest BCUT2D eigenvalue weighted by molar-refractivity contribution is -0.136. The van der Waals surface area contributed by atoms with Crippen molar-refractivity contribution in [1.29, 1.82) is 0 Å². The maximum Gasteiger partial charge on any atom is 0.264 e. The van der Waals surface area contributed by atoms with Crippen LogP contribution in [0.5, 0.6) is 0 Å². The molecule has 1 aliphatic rings. The Morgan fingerprint density at radius 2 is 1.69 bits per heavy atom. The molecular formula is C30H26ClNO3. The molecule has 0 aliphatic carbocycles. The molecular weight excluding hydrogens is 458 g/mol. The molecule has 0 spiro atoms. The van der Waals surface area contributed by atoms with Crippen molar-refractivity contribution in [1.82, 2.24) is 0 Å². The summed E-state index contributed by atoms with van der Waals surface area (Å²) in [6, 6.07) is 26.3. The quantitative estimate of drug-likeness (QED) is 0.313. The largest absolute Gasteiger partial charge is 0.375 e. The van der Waals surface area contributed by atoms with Gasteiger partial charge in [-0.1, -0.05) is 92.2 Å². The molecule has 0 saturated carbocycles. The maximum atomic E-state index is 13.7. The Morgan fingerprint density at radius 1 is 0.971 bits per heavy atom. The topological polar surface area (TPSA) is 57.6 Å². The Morgan fingerprint density at radius 3 is 2.43 bits per heavy atom. The summed E-state index contributed by atoms with van der Waals surface area (Å²) in [5, 5.41) is 14.2. The number of rotatable bonds is 6. The summed E-state index contributed by atoms with van der Waals surface area (Å²) in [7, 11) is 0. The molecule has 176 valence electrons. The van der Waals surface area contributed by atoms with E-state index in [1.807, 2.05) is 54.6 Å². The van der Waals surface area contributed by atoms with Crippen molar-refractivity contribution in [3.63, 3.8) is 0 Å². The summed E-state index contributed by atoms with van der Waals surface area (Å²) in [6.07, 6.45) is -0.355. The van der Waals surface area contributed by atoms with E-state index in [9.17, 15) is 14.7 Å². The summed E-state index contributed by atoms with van der Waals surface area (Å²) in [5.74, 6) is -0.472. The van der Waals surface area contributed by atoms with Gasteiger partial charge in [-0.05, 0) is 46.0 Å². The van der Waals surface area contributed by atoms with E-state index in [0.717, 1.165) is 21.9 Å². The fraction of sp³-hybridized carbons (Fsp3) is 0.200. The Labute approximate surface area is 209 Å². The average Bonchev–Trinajstić information content (AvgIpc) is 3.05. The van der Waals surface area contributed by atoms with Gasteiger partial charge in [0.15, 0.2) is 11.4 Å². The van der Waals surface area contributed by atoms with Crippen LogP contribution in [0.25, 0.3) is 10.8 Å². The summed E-state index contributed by atoms with van der Waals surface area (Å²) in [5.41, 5.74) is 1.48. The summed E-state index contributed by atoms with van der Waals surface area (Å²) < 4.78 is 0. The highest BCUT2D eigenvalue weighted by molar-refractivity contribution is 6.31. The third kappa shape index (κ3) is 4.13. The molecule has 4 aromatic carbocycles. The van der Waals surface area contributed by atoms with Crippen LogP contribution in [0.15, 0.2) is 84.9 Å².